The molecule has 1 saturated carbocycles. The number of hydrogen-bond acceptors (Lipinski definition) is 3. The minimum absolute atomic E-state index is 0.247. The number of amides is 1. The van der Waals surface area contributed by atoms with Gasteiger partial charge < -0.3 is 20.7 Å². The first-order valence-corrected chi connectivity index (χ1v) is 9.32. The molecule has 0 heterocycles. The van der Waals surface area contributed by atoms with Crippen molar-refractivity contribution in [2.24, 2.45) is 4.99 Å². The van der Waals surface area contributed by atoms with Gasteiger partial charge in [0.05, 0.1) is 0 Å². The lowest BCUT2D eigenvalue weighted by Gasteiger charge is -2.20. The molecule has 0 saturated heterocycles. The normalized spacial score (nSPS) is 15.9. The number of carbonyl (C=O) groups is 1. The fraction of sp³-hybridized carbons (Fsp3) is 0.600. The van der Waals surface area contributed by atoms with Crippen molar-refractivity contribution >= 4 is 12.1 Å². The number of rotatable bonds is 7. The van der Waals surface area contributed by atoms with Gasteiger partial charge in [0.15, 0.2) is 5.96 Å². The molecule has 1 aliphatic carbocycles. The monoisotopic (exact) mass is 360 g/mol. The van der Waals surface area contributed by atoms with E-state index in [-0.39, 0.29) is 11.5 Å². The smallest absolute Gasteiger partial charge is 0.407 e. The highest BCUT2D eigenvalue weighted by Gasteiger charge is 2.43. The number of nitrogens with zero attached hydrogens (tertiary/aromatic N) is 1. The number of hydrogen-bond donors (Lipinski definition) is 3. The largest absolute Gasteiger partial charge is 0.444 e. The number of aliphatic imine (C=N–C) groups is 1. The Kier molecular flexibility index (Phi) is 6.89. The van der Waals surface area contributed by atoms with Crippen molar-refractivity contribution in [3.63, 3.8) is 0 Å². The van der Waals surface area contributed by atoms with Crippen LogP contribution < -0.4 is 16.0 Å². The summed E-state index contributed by atoms with van der Waals surface area (Å²) in [5.41, 5.74) is 1.17. The number of nitrogens with one attached hydrogen (secondary N) is 3. The van der Waals surface area contributed by atoms with Crippen LogP contribution in [0, 0.1) is 0 Å². The molecule has 1 fully saturated rings. The second kappa shape index (κ2) is 8.92. The van der Waals surface area contributed by atoms with Gasteiger partial charge in [-0.3, -0.25) is 4.99 Å². The van der Waals surface area contributed by atoms with Crippen LogP contribution in [-0.2, 0) is 10.2 Å². The highest BCUT2D eigenvalue weighted by atomic mass is 16.6. The number of benzene rings is 1. The molecule has 6 heteroatoms. The molecule has 26 heavy (non-hydrogen) atoms. The highest BCUT2D eigenvalue weighted by molar-refractivity contribution is 5.79. The number of carbonyl (C=O) groups excluding carboxylic acids is 1. The van der Waals surface area contributed by atoms with Gasteiger partial charge in [-0.25, -0.2) is 4.79 Å². The summed E-state index contributed by atoms with van der Waals surface area (Å²) in [6.07, 6.45) is 2.84. The third-order valence-corrected chi connectivity index (χ3v) is 4.37. The maximum atomic E-state index is 11.6. The van der Waals surface area contributed by atoms with Crippen molar-refractivity contribution in [3.05, 3.63) is 35.9 Å². The van der Waals surface area contributed by atoms with Crippen molar-refractivity contribution in [1.82, 2.24) is 16.0 Å². The van der Waals surface area contributed by atoms with Crippen LogP contribution in [-0.4, -0.2) is 44.3 Å². The van der Waals surface area contributed by atoms with Crippen molar-refractivity contribution in [3.8, 4) is 0 Å². The second-order valence-electron chi connectivity index (χ2n) is 7.78. The Morgan fingerprint density at radius 2 is 1.77 bits per heavy atom. The van der Waals surface area contributed by atoms with Gasteiger partial charge in [0.25, 0.3) is 0 Å². The van der Waals surface area contributed by atoms with Crippen LogP contribution in [0.1, 0.15) is 45.6 Å². The summed E-state index contributed by atoms with van der Waals surface area (Å²) in [7, 11) is 1.77. The van der Waals surface area contributed by atoms with Crippen molar-refractivity contribution in [2.75, 3.05) is 26.7 Å². The summed E-state index contributed by atoms with van der Waals surface area (Å²) >= 11 is 0. The average molecular weight is 361 g/mol. The van der Waals surface area contributed by atoms with Gasteiger partial charge in [-0.05, 0) is 45.6 Å². The van der Waals surface area contributed by atoms with E-state index in [2.05, 4.69) is 51.3 Å². The van der Waals surface area contributed by atoms with Crippen molar-refractivity contribution in [2.45, 2.75) is 51.0 Å². The zero-order chi connectivity index (χ0) is 19.0. The molecule has 3 N–H and O–H groups in total. The summed E-state index contributed by atoms with van der Waals surface area (Å²) in [5.74, 6) is 0.796. The number of alkyl carbamates (subject to hydrolysis) is 1. The number of ether oxygens (including phenoxy) is 1. The van der Waals surface area contributed by atoms with Gasteiger partial charge in [-0.2, -0.15) is 0 Å². The van der Waals surface area contributed by atoms with E-state index in [1.807, 2.05) is 20.8 Å². The van der Waals surface area contributed by atoms with Gasteiger partial charge in [0.2, 0.25) is 0 Å². The molecule has 144 valence electrons. The zero-order valence-electron chi connectivity index (χ0n) is 16.4. The van der Waals surface area contributed by atoms with Crippen LogP contribution in [0.15, 0.2) is 35.3 Å². The predicted octanol–water partition coefficient (Wildman–Crippen LogP) is 2.80. The molecule has 0 bridgehead atoms. The van der Waals surface area contributed by atoms with Gasteiger partial charge in [-0.15, -0.1) is 0 Å². The molecule has 0 spiro atoms. The van der Waals surface area contributed by atoms with E-state index < -0.39 is 5.60 Å². The Labute approximate surface area is 156 Å². The first kappa shape index (κ1) is 20.1. The van der Waals surface area contributed by atoms with Crippen molar-refractivity contribution < 1.29 is 9.53 Å². The molecule has 0 aromatic heterocycles. The van der Waals surface area contributed by atoms with E-state index in [4.69, 9.17) is 4.74 Å². The average Bonchev–Trinajstić information content (AvgIpc) is 3.38. The lowest BCUT2D eigenvalue weighted by atomic mass is 9.96. The van der Waals surface area contributed by atoms with Crippen molar-refractivity contribution in [1.29, 1.82) is 0 Å². The predicted molar refractivity (Wildman–Crippen MR) is 106 cm³/mol. The standard InChI is InChI=1S/C20H32N4O2/c1-19(2,3)26-18(25)23-14-8-13-22-17(21-4)24-15-20(11-12-20)16-9-6-5-7-10-16/h5-7,9-10H,8,11-15H2,1-4H3,(H,23,25)(H2,21,22,24). The Balaban J connectivity index is 1.64. The van der Waals surface area contributed by atoms with E-state index in [0.717, 1.165) is 25.5 Å². The van der Waals surface area contributed by atoms with Crippen LogP contribution in [0.2, 0.25) is 0 Å². The molecule has 1 amide bonds. The highest BCUT2D eigenvalue weighted by Crippen LogP contribution is 2.47. The van der Waals surface area contributed by atoms with Crippen LogP contribution in [0.25, 0.3) is 0 Å². The minimum Gasteiger partial charge on any atom is -0.444 e. The molecule has 0 unspecified atom stereocenters. The molecule has 6 nitrogen and oxygen atoms in total. The maximum Gasteiger partial charge on any atom is 0.407 e. The third kappa shape index (κ3) is 6.58. The van der Waals surface area contributed by atoms with Crippen LogP contribution in [0.4, 0.5) is 4.79 Å². The second-order valence-corrected chi connectivity index (χ2v) is 7.78. The number of guanidine groups is 1. The Hall–Kier alpha value is -2.24. The lowest BCUT2D eigenvalue weighted by molar-refractivity contribution is 0.0527. The molecular weight excluding hydrogens is 328 g/mol. The molecular formula is C20H32N4O2. The third-order valence-electron chi connectivity index (χ3n) is 4.37. The summed E-state index contributed by atoms with van der Waals surface area (Å²) < 4.78 is 5.21. The molecule has 0 atom stereocenters. The lowest BCUT2D eigenvalue weighted by Crippen LogP contribution is -2.42. The molecule has 2 rings (SSSR count). The van der Waals surface area contributed by atoms with E-state index in [1.165, 1.54) is 18.4 Å². The fourth-order valence-electron chi connectivity index (χ4n) is 2.78. The van der Waals surface area contributed by atoms with E-state index in [9.17, 15) is 4.79 Å². The van der Waals surface area contributed by atoms with Gasteiger partial charge in [0.1, 0.15) is 5.60 Å². The summed E-state index contributed by atoms with van der Waals surface area (Å²) in [4.78, 5) is 15.9. The van der Waals surface area contributed by atoms with E-state index in [0.29, 0.717) is 6.54 Å². The quantitative estimate of drug-likeness (QED) is 0.397. The molecule has 0 radical (unpaired) electrons. The van der Waals surface area contributed by atoms with Crippen LogP contribution in [0.5, 0.6) is 0 Å². The Bertz CT molecular complexity index is 604. The van der Waals surface area contributed by atoms with Crippen LogP contribution >= 0.6 is 0 Å². The van der Waals surface area contributed by atoms with Gasteiger partial charge >= 0.3 is 6.09 Å². The topological polar surface area (TPSA) is 74.8 Å². The molecule has 1 aromatic rings. The fourth-order valence-corrected chi connectivity index (χ4v) is 2.78. The van der Waals surface area contributed by atoms with Gasteiger partial charge in [-0.1, -0.05) is 30.3 Å². The summed E-state index contributed by atoms with van der Waals surface area (Å²) in [5, 5.41) is 9.48. The Morgan fingerprint density at radius 3 is 2.35 bits per heavy atom. The van der Waals surface area contributed by atoms with E-state index >= 15 is 0 Å². The van der Waals surface area contributed by atoms with E-state index in [1.54, 1.807) is 7.05 Å². The maximum absolute atomic E-state index is 11.6. The minimum atomic E-state index is -0.466. The SMILES string of the molecule is CN=C(NCCCNC(=O)OC(C)(C)C)NCC1(c2ccccc2)CC1. The van der Waals surface area contributed by atoms with Gasteiger partial charge in [0, 0.05) is 32.1 Å². The zero-order valence-corrected chi connectivity index (χ0v) is 16.4. The summed E-state index contributed by atoms with van der Waals surface area (Å²) in [6.45, 7) is 7.73. The molecule has 1 aliphatic rings. The first-order valence-electron chi connectivity index (χ1n) is 9.32. The summed E-state index contributed by atoms with van der Waals surface area (Å²) in [6, 6.07) is 10.7. The Morgan fingerprint density at radius 1 is 1.12 bits per heavy atom. The van der Waals surface area contributed by atoms with Crippen LogP contribution in [0.3, 0.4) is 0 Å². The molecule has 0 aliphatic heterocycles. The molecule has 1 aromatic carbocycles. The first-order chi connectivity index (χ1) is 12.3.